The number of ether oxygens (including phenoxy) is 2. The zero-order chi connectivity index (χ0) is 19.0. The molecule has 0 bridgehead atoms. The molecule has 3 aliphatic rings. The van der Waals surface area contributed by atoms with E-state index >= 15 is 0 Å². The van der Waals surface area contributed by atoms with E-state index in [2.05, 4.69) is 6.92 Å². The normalized spacial score (nSPS) is 28.9. The standard InChI is InChI=1S/C22H31NO4/c1-15-14-23(9-8-22(15,25)18-6-10-27-11-7-18)21(24)19-12-16-4-3-5-17(16)13-20(19)26-2/h12-13,15,18,25H,3-11,14H2,1-2H3/t15-,22+/m1/s1. The van der Waals surface area contributed by atoms with Crippen molar-refractivity contribution in [3.63, 3.8) is 0 Å². The fourth-order valence-corrected chi connectivity index (χ4v) is 5.24. The third-order valence-electron chi connectivity index (χ3n) is 6.99. The molecule has 0 spiro atoms. The predicted molar refractivity (Wildman–Crippen MR) is 103 cm³/mol. The number of carbonyl (C=O) groups is 1. The molecule has 5 nitrogen and oxygen atoms in total. The lowest BCUT2D eigenvalue weighted by molar-refractivity contribution is -0.125. The topological polar surface area (TPSA) is 59.0 Å². The summed E-state index contributed by atoms with van der Waals surface area (Å²) in [5.74, 6) is 1.03. The van der Waals surface area contributed by atoms with Crippen LogP contribution >= 0.6 is 0 Å². The lowest BCUT2D eigenvalue weighted by Gasteiger charge is -2.48. The van der Waals surface area contributed by atoms with E-state index in [0.29, 0.717) is 30.8 Å². The van der Waals surface area contributed by atoms with E-state index in [1.807, 2.05) is 17.0 Å². The molecule has 1 aromatic carbocycles. The van der Waals surface area contributed by atoms with Crippen molar-refractivity contribution < 1.29 is 19.4 Å². The Balaban J connectivity index is 1.51. The van der Waals surface area contributed by atoms with Crippen LogP contribution in [-0.2, 0) is 17.6 Å². The maximum absolute atomic E-state index is 13.3. The van der Waals surface area contributed by atoms with E-state index in [-0.39, 0.29) is 17.7 Å². The smallest absolute Gasteiger partial charge is 0.257 e. The van der Waals surface area contributed by atoms with E-state index in [0.717, 1.165) is 45.3 Å². The summed E-state index contributed by atoms with van der Waals surface area (Å²) in [6, 6.07) is 4.08. The van der Waals surface area contributed by atoms with Gasteiger partial charge in [-0.3, -0.25) is 4.79 Å². The van der Waals surface area contributed by atoms with Crippen molar-refractivity contribution in [2.24, 2.45) is 11.8 Å². The van der Waals surface area contributed by atoms with Crippen molar-refractivity contribution >= 4 is 5.91 Å². The van der Waals surface area contributed by atoms with Crippen LogP contribution in [0.4, 0.5) is 0 Å². The number of carbonyl (C=O) groups excluding carboxylic acids is 1. The zero-order valence-corrected chi connectivity index (χ0v) is 16.5. The summed E-state index contributed by atoms with van der Waals surface area (Å²) >= 11 is 0. The van der Waals surface area contributed by atoms with Gasteiger partial charge in [0.15, 0.2) is 0 Å². The van der Waals surface area contributed by atoms with Crippen molar-refractivity contribution in [3.8, 4) is 5.75 Å². The molecule has 4 rings (SSSR count). The Morgan fingerprint density at radius 1 is 1.26 bits per heavy atom. The summed E-state index contributed by atoms with van der Waals surface area (Å²) < 4.78 is 11.0. The summed E-state index contributed by atoms with van der Waals surface area (Å²) in [7, 11) is 1.64. The van der Waals surface area contributed by atoms with Gasteiger partial charge in [-0.25, -0.2) is 0 Å². The number of piperidine rings is 1. The van der Waals surface area contributed by atoms with Crippen LogP contribution in [-0.4, -0.2) is 54.9 Å². The molecule has 2 saturated heterocycles. The fourth-order valence-electron chi connectivity index (χ4n) is 5.24. The van der Waals surface area contributed by atoms with Gasteiger partial charge in [0.25, 0.3) is 5.91 Å². The van der Waals surface area contributed by atoms with Gasteiger partial charge in [0, 0.05) is 32.2 Å². The minimum Gasteiger partial charge on any atom is -0.496 e. The second-order valence-corrected chi connectivity index (χ2v) is 8.45. The summed E-state index contributed by atoms with van der Waals surface area (Å²) in [4.78, 5) is 15.2. The maximum Gasteiger partial charge on any atom is 0.257 e. The molecule has 1 aliphatic carbocycles. The van der Waals surface area contributed by atoms with Crippen LogP contribution in [0.1, 0.15) is 54.1 Å². The number of aliphatic hydroxyl groups is 1. The fraction of sp³-hybridized carbons (Fsp3) is 0.682. The number of methoxy groups -OCH3 is 1. The van der Waals surface area contributed by atoms with Crippen LogP contribution in [0.3, 0.4) is 0 Å². The van der Waals surface area contributed by atoms with Gasteiger partial charge in [-0.2, -0.15) is 0 Å². The van der Waals surface area contributed by atoms with Crippen molar-refractivity contribution in [1.29, 1.82) is 0 Å². The number of rotatable bonds is 3. The molecule has 27 heavy (non-hydrogen) atoms. The lowest BCUT2D eigenvalue weighted by atomic mass is 9.70. The molecular formula is C22H31NO4. The SMILES string of the molecule is COc1cc2c(cc1C(=O)N1CC[C@@](O)(C3CCOCC3)[C@H](C)C1)CCC2. The highest BCUT2D eigenvalue weighted by Crippen LogP contribution is 2.40. The summed E-state index contributed by atoms with van der Waals surface area (Å²) in [6.45, 7) is 4.72. The highest BCUT2D eigenvalue weighted by atomic mass is 16.5. The number of likely N-dealkylation sites (tertiary alicyclic amines) is 1. The molecule has 1 aromatic rings. The molecular weight excluding hydrogens is 342 g/mol. The quantitative estimate of drug-likeness (QED) is 0.885. The molecule has 0 unspecified atom stereocenters. The molecule has 0 radical (unpaired) electrons. The number of fused-ring (bicyclic) bond motifs is 1. The highest BCUT2D eigenvalue weighted by Gasteiger charge is 2.46. The van der Waals surface area contributed by atoms with E-state index in [1.54, 1.807) is 7.11 Å². The first-order chi connectivity index (χ1) is 13.0. The molecule has 0 saturated carbocycles. The number of amides is 1. The zero-order valence-electron chi connectivity index (χ0n) is 16.5. The van der Waals surface area contributed by atoms with E-state index < -0.39 is 5.60 Å². The molecule has 1 amide bonds. The summed E-state index contributed by atoms with van der Waals surface area (Å²) in [6.07, 6.45) is 5.71. The van der Waals surface area contributed by atoms with Gasteiger partial charge in [-0.1, -0.05) is 6.92 Å². The molecule has 1 N–H and O–H groups in total. The molecule has 2 fully saturated rings. The van der Waals surface area contributed by atoms with Crippen LogP contribution in [0.15, 0.2) is 12.1 Å². The Labute approximate surface area is 161 Å². The molecule has 148 valence electrons. The average Bonchev–Trinajstić information content (AvgIpc) is 3.16. The number of hydrogen-bond donors (Lipinski definition) is 1. The number of aryl methyl sites for hydroxylation is 2. The van der Waals surface area contributed by atoms with E-state index in [1.165, 1.54) is 11.1 Å². The van der Waals surface area contributed by atoms with Crippen molar-refractivity contribution in [2.45, 2.75) is 51.0 Å². The Bertz CT molecular complexity index is 713. The third-order valence-corrected chi connectivity index (χ3v) is 6.99. The minimum atomic E-state index is -0.692. The number of nitrogens with zero attached hydrogens (tertiary/aromatic N) is 1. The van der Waals surface area contributed by atoms with Crippen molar-refractivity contribution in [3.05, 3.63) is 28.8 Å². The molecule has 0 aromatic heterocycles. The monoisotopic (exact) mass is 373 g/mol. The second kappa shape index (κ2) is 7.44. The maximum atomic E-state index is 13.3. The Morgan fingerprint density at radius 2 is 1.96 bits per heavy atom. The summed E-state index contributed by atoms with van der Waals surface area (Å²) in [5, 5.41) is 11.3. The average molecular weight is 373 g/mol. The van der Waals surface area contributed by atoms with Gasteiger partial charge in [-0.15, -0.1) is 0 Å². The largest absolute Gasteiger partial charge is 0.496 e. The highest BCUT2D eigenvalue weighted by molar-refractivity contribution is 5.97. The van der Waals surface area contributed by atoms with Gasteiger partial charge >= 0.3 is 0 Å². The number of hydrogen-bond acceptors (Lipinski definition) is 4. The first kappa shape index (κ1) is 18.8. The van der Waals surface area contributed by atoms with Gasteiger partial charge in [-0.05, 0) is 67.7 Å². The summed E-state index contributed by atoms with van der Waals surface area (Å²) in [5.41, 5.74) is 2.57. The first-order valence-electron chi connectivity index (χ1n) is 10.3. The Hall–Kier alpha value is -1.59. The van der Waals surface area contributed by atoms with E-state index in [4.69, 9.17) is 9.47 Å². The minimum absolute atomic E-state index is 0.0300. The molecule has 2 atom stereocenters. The second-order valence-electron chi connectivity index (χ2n) is 8.45. The third kappa shape index (κ3) is 3.36. The first-order valence-corrected chi connectivity index (χ1v) is 10.3. The predicted octanol–water partition coefficient (Wildman–Crippen LogP) is 2.82. The molecule has 2 aliphatic heterocycles. The van der Waals surface area contributed by atoms with E-state index in [9.17, 15) is 9.90 Å². The number of benzene rings is 1. The van der Waals surface area contributed by atoms with Crippen LogP contribution in [0.25, 0.3) is 0 Å². The van der Waals surface area contributed by atoms with Crippen LogP contribution < -0.4 is 4.74 Å². The van der Waals surface area contributed by atoms with Gasteiger partial charge in [0.05, 0.1) is 18.3 Å². The van der Waals surface area contributed by atoms with Crippen LogP contribution in [0.2, 0.25) is 0 Å². The van der Waals surface area contributed by atoms with Crippen molar-refractivity contribution in [1.82, 2.24) is 4.90 Å². The lowest BCUT2D eigenvalue weighted by Crippen LogP contribution is -2.56. The Morgan fingerprint density at radius 3 is 2.63 bits per heavy atom. The molecule has 2 heterocycles. The van der Waals surface area contributed by atoms with Crippen molar-refractivity contribution in [2.75, 3.05) is 33.4 Å². The van der Waals surface area contributed by atoms with Crippen LogP contribution in [0, 0.1) is 11.8 Å². The molecule has 5 heteroatoms. The van der Waals surface area contributed by atoms with Crippen LogP contribution in [0.5, 0.6) is 5.75 Å². The Kier molecular flexibility index (Phi) is 5.17. The van der Waals surface area contributed by atoms with Gasteiger partial charge in [0.1, 0.15) is 5.75 Å². The van der Waals surface area contributed by atoms with Gasteiger partial charge < -0.3 is 19.5 Å². The van der Waals surface area contributed by atoms with Gasteiger partial charge in [0.2, 0.25) is 0 Å².